The van der Waals surface area contributed by atoms with Gasteiger partial charge in [0.05, 0.1) is 17.6 Å². The summed E-state index contributed by atoms with van der Waals surface area (Å²) in [5.74, 6) is 0.656. The van der Waals surface area contributed by atoms with Crippen LogP contribution in [0.25, 0.3) is 10.9 Å². The largest absolute Gasteiger partial charge is 0.343 e. The van der Waals surface area contributed by atoms with Gasteiger partial charge >= 0.3 is 0 Å². The predicted molar refractivity (Wildman–Crippen MR) is 69.7 cm³/mol. The molecule has 7 nitrogen and oxygen atoms in total. The van der Waals surface area contributed by atoms with Crippen molar-refractivity contribution in [1.82, 2.24) is 25.4 Å². The van der Waals surface area contributed by atoms with E-state index in [2.05, 4.69) is 25.4 Å². The monoisotopic (exact) mass is 269 g/mol. The summed E-state index contributed by atoms with van der Waals surface area (Å²) >= 11 is 0. The summed E-state index contributed by atoms with van der Waals surface area (Å²) in [6, 6.07) is 5.36. The second kappa shape index (κ2) is 5.04. The lowest BCUT2D eigenvalue weighted by Gasteiger charge is -2.05. The smallest absolute Gasteiger partial charge is 0.253 e. The van der Waals surface area contributed by atoms with Crippen LogP contribution in [0.2, 0.25) is 0 Å². The highest BCUT2D eigenvalue weighted by Crippen LogP contribution is 2.14. The first-order valence-corrected chi connectivity index (χ1v) is 6.00. The van der Waals surface area contributed by atoms with Crippen LogP contribution in [0.15, 0.2) is 35.2 Å². The molecule has 7 heteroatoms. The zero-order chi connectivity index (χ0) is 13.9. The van der Waals surface area contributed by atoms with Gasteiger partial charge < -0.3 is 9.84 Å². The zero-order valence-electron chi connectivity index (χ0n) is 10.7. The molecule has 1 amide bonds. The number of para-hydroxylation sites is 1. The minimum atomic E-state index is -0.245. The Labute approximate surface area is 114 Å². The Kier molecular flexibility index (Phi) is 3.08. The van der Waals surface area contributed by atoms with Crippen LogP contribution in [0.1, 0.15) is 22.1 Å². The average Bonchev–Trinajstić information content (AvgIpc) is 2.90. The molecule has 2 heterocycles. The maximum Gasteiger partial charge on any atom is 0.253 e. The SMILES string of the molecule is Cc1noc(CNC(=O)c2cccc3cncnc23)n1. The third-order valence-electron chi connectivity index (χ3n) is 2.75. The van der Waals surface area contributed by atoms with Gasteiger partial charge in [0, 0.05) is 11.6 Å². The lowest BCUT2D eigenvalue weighted by Crippen LogP contribution is -2.23. The first-order valence-electron chi connectivity index (χ1n) is 6.00. The minimum absolute atomic E-state index is 0.182. The van der Waals surface area contributed by atoms with Gasteiger partial charge in [-0.15, -0.1) is 0 Å². The molecule has 100 valence electrons. The first-order chi connectivity index (χ1) is 9.74. The first kappa shape index (κ1) is 12.2. The molecule has 0 fully saturated rings. The van der Waals surface area contributed by atoms with Crippen LogP contribution in [-0.4, -0.2) is 26.0 Å². The Hall–Kier alpha value is -2.83. The van der Waals surface area contributed by atoms with Crippen molar-refractivity contribution in [3.05, 3.63) is 48.0 Å². The maximum atomic E-state index is 12.2. The summed E-state index contributed by atoms with van der Waals surface area (Å²) in [7, 11) is 0. The molecule has 0 bridgehead atoms. The summed E-state index contributed by atoms with van der Waals surface area (Å²) in [4.78, 5) is 24.3. The fourth-order valence-electron chi connectivity index (χ4n) is 1.86. The van der Waals surface area contributed by atoms with Crippen molar-refractivity contribution in [1.29, 1.82) is 0 Å². The van der Waals surface area contributed by atoms with Gasteiger partial charge in [-0.05, 0) is 13.0 Å². The van der Waals surface area contributed by atoms with Crippen molar-refractivity contribution in [3.8, 4) is 0 Å². The molecule has 3 rings (SSSR count). The third kappa shape index (κ3) is 2.33. The van der Waals surface area contributed by atoms with Gasteiger partial charge in [-0.2, -0.15) is 4.98 Å². The zero-order valence-corrected chi connectivity index (χ0v) is 10.7. The van der Waals surface area contributed by atoms with E-state index in [1.807, 2.05) is 6.07 Å². The highest BCUT2D eigenvalue weighted by atomic mass is 16.5. The van der Waals surface area contributed by atoms with Crippen molar-refractivity contribution < 1.29 is 9.32 Å². The van der Waals surface area contributed by atoms with E-state index in [0.717, 1.165) is 5.39 Å². The standard InChI is InChI=1S/C13H11N5O2/c1-8-17-11(20-18-8)6-15-13(19)10-4-2-3-9-5-14-7-16-12(9)10/h2-5,7H,6H2,1H3,(H,15,19). The van der Waals surface area contributed by atoms with Gasteiger partial charge in [0.2, 0.25) is 5.89 Å². The van der Waals surface area contributed by atoms with Crippen LogP contribution in [0.4, 0.5) is 0 Å². The molecule has 0 saturated heterocycles. The molecule has 0 spiro atoms. The molecule has 0 radical (unpaired) electrons. The van der Waals surface area contributed by atoms with Crippen molar-refractivity contribution in [2.24, 2.45) is 0 Å². The van der Waals surface area contributed by atoms with Gasteiger partial charge in [-0.25, -0.2) is 9.97 Å². The topological polar surface area (TPSA) is 93.8 Å². The molecular formula is C13H11N5O2. The third-order valence-corrected chi connectivity index (χ3v) is 2.75. The number of nitrogens with one attached hydrogen (secondary N) is 1. The second-order valence-electron chi connectivity index (χ2n) is 4.18. The molecule has 0 unspecified atom stereocenters. The summed E-state index contributed by atoms with van der Waals surface area (Å²) < 4.78 is 4.94. The van der Waals surface area contributed by atoms with E-state index in [-0.39, 0.29) is 12.5 Å². The molecule has 0 saturated carbocycles. The minimum Gasteiger partial charge on any atom is -0.343 e. The van der Waals surface area contributed by atoms with E-state index in [1.165, 1.54) is 6.33 Å². The lowest BCUT2D eigenvalue weighted by atomic mass is 10.1. The van der Waals surface area contributed by atoms with E-state index in [1.54, 1.807) is 25.3 Å². The molecule has 0 aliphatic rings. The summed E-state index contributed by atoms with van der Waals surface area (Å²) in [6.45, 7) is 1.90. The quantitative estimate of drug-likeness (QED) is 0.769. The fourth-order valence-corrected chi connectivity index (χ4v) is 1.86. The molecule has 1 N–H and O–H groups in total. The van der Waals surface area contributed by atoms with Crippen LogP contribution in [0.5, 0.6) is 0 Å². The highest BCUT2D eigenvalue weighted by molar-refractivity contribution is 6.05. The van der Waals surface area contributed by atoms with E-state index < -0.39 is 0 Å². The van der Waals surface area contributed by atoms with Crippen LogP contribution in [0, 0.1) is 6.92 Å². The molecule has 20 heavy (non-hydrogen) atoms. The summed E-state index contributed by atoms with van der Waals surface area (Å²) in [6.07, 6.45) is 3.08. The number of carbonyl (C=O) groups excluding carboxylic acids is 1. The van der Waals surface area contributed by atoms with Crippen molar-refractivity contribution >= 4 is 16.8 Å². The number of nitrogens with zero attached hydrogens (tertiary/aromatic N) is 4. The number of aryl methyl sites for hydroxylation is 1. The fraction of sp³-hybridized carbons (Fsp3) is 0.154. The van der Waals surface area contributed by atoms with Gasteiger partial charge in [-0.3, -0.25) is 4.79 Å². The Bertz CT molecular complexity index is 763. The van der Waals surface area contributed by atoms with E-state index in [0.29, 0.717) is 22.8 Å². The number of aromatic nitrogens is 4. The number of hydrogen-bond acceptors (Lipinski definition) is 6. The van der Waals surface area contributed by atoms with Crippen molar-refractivity contribution in [2.75, 3.05) is 0 Å². The van der Waals surface area contributed by atoms with E-state index in [9.17, 15) is 4.79 Å². The Morgan fingerprint density at radius 3 is 3.10 bits per heavy atom. The lowest BCUT2D eigenvalue weighted by molar-refractivity contribution is 0.0948. The van der Waals surface area contributed by atoms with E-state index in [4.69, 9.17) is 4.52 Å². The van der Waals surface area contributed by atoms with Crippen molar-refractivity contribution in [2.45, 2.75) is 13.5 Å². The number of benzene rings is 1. The second-order valence-corrected chi connectivity index (χ2v) is 4.18. The Morgan fingerprint density at radius 1 is 1.40 bits per heavy atom. The number of hydrogen-bond donors (Lipinski definition) is 1. The van der Waals surface area contributed by atoms with Crippen LogP contribution in [0.3, 0.4) is 0 Å². The Morgan fingerprint density at radius 2 is 2.30 bits per heavy atom. The molecule has 0 aliphatic carbocycles. The highest BCUT2D eigenvalue weighted by Gasteiger charge is 2.12. The molecule has 2 aromatic heterocycles. The number of amides is 1. The number of fused-ring (bicyclic) bond motifs is 1. The van der Waals surface area contributed by atoms with Gasteiger partial charge in [0.25, 0.3) is 5.91 Å². The Balaban J connectivity index is 1.82. The maximum absolute atomic E-state index is 12.2. The summed E-state index contributed by atoms with van der Waals surface area (Å²) in [5.41, 5.74) is 1.10. The van der Waals surface area contributed by atoms with Crippen LogP contribution >= 0.6 is 0 Å². The molecule has 0 atom stereocenters. The van der Waals surface area contributed by atoms with Crippen LogP contribution in [-0.2, 0) is 6.54 Å². The number of carbonyl (C=O) groups is 1. The van der Waals surface area contributed by atoms with Crippen molar-refractivity contribution in [3.63, 3.8) is 0 Å². The average molecular weight is 269 g/mol. The molecule has 1 aromatic carbocycles. The van der Waals surface area contributed by atoms with Crippen LogP contribution < -0.4 is 5.32 Å². The molecule has 0 aliphatic heterocycles. The normalized spacial score (nSPS) is 10.7. The number of rotatable bonds is 3. The van der Waals surface area contributed by atoms with Gasteiger partial charge in [0.1, 0.15) is 6.33 Å². The molecular weight excluding hydrogens is 258 g/mol. The summed E-state index contributed by atoms with van der Waals surface area (Å²) in [5, 5.41) is 7.20. The van der Waals surface area contributed by atoms with E-state index >= 15 is 0 Å². The van der Waals surface area contributed by atoms with Gasteiger partial charge in [0.15, 0.2) is 5.82 Å². The van der Waals surface area contributed by atoms with Gasteiger partial charge in [-0.1, -0.05) is 17.3 Å². The predicted octanol–water partition coefficient (Wildman–Crippen LogP) is 1.25. The molecule has 3 aromatic rings.